The molecule has 0 aliphatic heterocycles. The minimum absolute atomic E-state index is 0.00656. The largest absolute Gasteiger partial charge is 0.383 e. The number of ether oxygens (including phenoxy) is 1. The van der Waals surface area contributed by atoms with E-state index >= 15 is 0 Å². The molecule has 7 nitrogen and oxygen atoms in total. The van der Waals surface area contributed by atoms with Crippen LogP contribution >= 0.6 is 0 Å². The number of nitrogens with zero attached hydrogens (tertiary/aromatic N) is 2. The molecule has 1 aromatic rings. The summed E-state index contributed by atoms with van der Waals surface area (Å²) in [5.41, 5.74) is 1.86. The zero-order valence-electron chi connectivity index (χ0n) is 11.7. The van der Waals surface area contributed by atoms with Gasteiger partial charge >= 0.3 is 0 Å². The molecule has 1 heterocycles. The first kappa shape index (κ1) is 15.2. The Morgan fingerprint density at radius 2 is 2.11 bits per heavy atom. The minimum atomic E-state index is -0.217. The van der Waals surface area contributed by atoms with E-state index < -0.39 is 0 Å². The van der Waals surface area contributed by atoms with E-state index in [1.807, 2.05) is 0 Å². The second-order valence-corrected chi connectivity index (χ2v) is 4.31. The summed E-state index contributed by atoms with van der Waals surface area (Å²) in [7, 11) is 3.15. The molecular formula is C12H20N4O3. The fourth-order valence-electron chi connectivity index (χ4n) is 1.69. The third-order valence-electron chi connectivity index (χ3n) is 2.70. The van der Waals surface area contributed by atoms with Crippen molar-refractivity contribution in [2.24, 2.45) is 0 Å². The zero-order valence-corrected chi connectivity index (χ0v) is 11.7. The lowest BCUT2D eigenvalue weighted by Gasteiger charge is -2.16. The molecular weight excluding hydrogens is 248 g/mol. The Balaban J connectivity index is 2.56. The fraction of sp³-hybridized carbons (Fsp3) is 0.583. The van der Waals surface area contributed by atoms with E-state index in [0.29, 0.717) is 30.1 Å². The Kier molecular flexibility index (Phi) is 5.50. The van der Waals surface area contributed by atoms with Crippen molar-refractivity contribution < 1.29 is 14.3 Å². The summed E-state index contributed by atoms with van der Waals surface area (Å²) in [5.74, 6) is -0.433. The number of rotatable bonds is 6. The molecule has 0 atom stereocenters. The maximum absolute atomic E-state index is 12.2. The van der Waals surface area contributed by atoms with Crippen molar-refractivity contribution in [3.63, 3.8) is 0 Å². The van der Waals surface area contributed by atoms with E-state index in [1.165, 1.54) is 4.90 Å². The number of amides is 2. The van der Waals surface area contributed by atoms with Gasteiger partial charge in [0.15, 0.2) is 0 Å². The SMILES string of the molecule is COCCNC(=O)CN(C)C(=O)c1c(C)n[nH]c1C. The average Bonchev–Trinajstić information content (AvgIpc) is 2.68. The molecule has 0 saturated heterocycles. The maximum Gasteiger partial charge on any atom is 0.257 e. The van der Waals surface area contributed by atoms with Crippen molar-refractivity contribution >= 4 is 11.8 Å². The molecule has 0 bridgehead atoms. The zero-order chi connectivity index (χ0) is 14.4. The third-order valence-corrected chi connectivity index (χ3v) is 2.70. The molecule has 0 aromatic carbocycles. The first-order valence-corrected chi connectivity index (χ1v) is 6.00. The summed E-state index contributed by atoms with van der Waals surface area (Å²) < 4.78 is 4.83. The standard InChI is InChI=1S/C12H20N4O3/c1-8-11(9(2)15-14-8)12(18)16(3)7-10(17)13-5-6-19-4/h5-7H2,1-4H3,(H,13,17)(H,14,15). The number of hydrogen-bond donors (Lipinski definition) is 2. The number of likely N-dealkylation sites (N-methyl/N-ethyl adjacent to an activating group) is 1. The first-order chi connectivity index (χ1) is 8.97. The van der Waals surface area contributed by atoms with Crippen molar-refractivity contribution in [2.75, 3.05) is 33.9 Å². The number of methoxy groups -OCH3 is 1. The van der Waals surface area contributed by atoms with Crippen LogP contribution in [0.5, 0.6) is 0 Å². The number of carbonyl (C=O) groups is 2. The highest BCUT2D eigenvalue weighted by atomic mass is 16.5. The monoisotopic (exact) mass is 268 g/mol. The second kappa shape index (κ2) is 6.89. The lowest BCUT2D eigenvalue weighted by atomic mass is 10.2. The number of nitrogens with one attached hydrogen (secondary N) is 2. The highest BCUT2D eigenvalue weighted by Gasteiger charge is 2.20. The van der Waals surface area contributed by atoms with Gasteiger partial charge in [-0.15, -0.1) is 0 Å². The Morgan fingerprint density at radius 3 is 2.63 bits per heavy atom. The summed E-state index contributed by atoms with van der Waals surface area (Å²) in [5, 5.41) is 9.39. The van der Waals surface area contributed by atoms with Gasteiger partial charge in [-0.25, -0.2) is 0 Å². The van der Waals surface area contributed by atoms with Crippen molar-refractivity contribution in [1.82, 2.24) is 20.4 Å². The van der Waals surface area contributed by atoms with Crippen LogP contribution in [0.2, 0.25) is 0 Å². The molecule has 2 amide bonds. The first-order valence-electron chi connectivity index (χ1n) is 6.00. The van der Waals surface area contributed by atoms with Crippen molar-refractivity contribution in [3.05, 3.63) is 17.0 Å². The fourth-order valence-corrected chi connectivity index (χ4v) is 1.69. The molecule has 0 aliphatic rings. The molecule has 0 saturated carbocycles. The molecule has 2 N–H and O–H groups in total. The van der Waals surface area contributed by atoms with Gasteiger partial charge in [0, 0.05) is 26.4 Å². The summed E-state index contributed by atoms with van der Waals surface area (Å²) in [6.07, 6.45) is 0. The second-order valence-electron chi connectivity index (χ2n) is 4.31. The van der Waals surface area contributed by atoms with Gasteiger partial charge in [-0.1, -0.05) is 0 Å². The van der Waals surface area contributed by atoms with Gasteiger partial charge in [0.2, 0.25) is 5.91 Å². The Hall–Kier alpha value is -1.89. The lowest BCUT2D eigenvalue weighted by Crippen LogP contribution is -2.39. The quantitative estimate of drug-likeness (QED) is 0.703. The Morgan fingerprint density at radius 1 is 1.42 bits per heavy atom. The number of hydrogen-bond acceptors (Lipinski definition) is 4. The van der Waals surface area contributed by atoms with Crippen LogP contribution in [0.3, 0.4) is 0 Å². The van der Waals surface area contributed by atoms with Gasteiger partial charge < -0.3 is 15.0 Å². The highest BCUT2D eigenvalue weighted by molar-refractivity contribution is 5.98. The topological polar surface area (TPSA) is 87.3 Å². The van der Waals surface area contributed by atoms with E-state index in [0.717, 1.165) is 0 Å². The molecule has 0 spiro atoms. The van der Waals surface area contributed by atoms with Crippen LogP contribution < -0.4 is 5.32 Å². The normalized spacial score (nSPS) is 10.3. The molecule has 0 aliphatic carbocycles. The average molecular weight is 268 g/mol. The molecule has 0 unspecified atom stereocenters. The van der Waals surface area contributed by atoms with Gasteiger partial charge in [0.25, 0.3) is 5.91 Å². The van der Waals surface area contributed by atoms with Crippen LogP contribution in [-0.2, 0) is 9.53 Å². The van der Waals surface area contributed by atoms with Gasteiger partial charge in [0.1, 0.15) is 0 Å². The van der Waals surface area contributed by atoms with E-state index in [4.69, 9.17) is 4.74 Å². The third kappa shape index (κ3) is 4.06. The Labute approximate surface area is 112 Å². The van der Waals surface area contributed by atoms with Crippen LogP contribution in [0.25, 0.3) is 0 Å². The van der Waals surface area contributed by atoms with Gasteiger partial charge in [-0.2, -0.15) is 5.10 Å². The number of H-pyrrole nitrogens is 1. The van der Waals surface area contributed by atoms with Crippen LogP contribution in [0, 0.1) is 13.8 Å². The summed E-state index contributed by atoms with van der Waals surface area (Å²) in [6.45, 7) is 4.42. The van der Waals surface area contributed by atoms with Crippen LogP contribution in [-0.4, -0.2) is 60.8 Å². The Bertz CT molecular complexity index is 436. The van der Waals surface area contributed by atoms with Gasteiger partial charge in [-0.05, 0) is 13.8 Å². The number of carbonyl (C=O) groups excluding carboxylic acids is 2. The molecule has 19 heavy (non-hydrogen) atoms. The summed E-state index contributed by atoms with van der Waals surface area (Å²) in [6, 6.07) is 0. The molecule has 0 radical (unpaired) electrons. The smallest absolute Gasteiger partial charge is 0.257 e. The van der Waals surface area contributed by atoms with Crippen molar-refractivity contribution in [1.29, 1.82) is 0 Å². The number of aryl methyl sites for hydroxylation is 2. The predicted octanol–water partition coefficient (Wildman–Crippen LogP) is -0.139. The van der Waals surface area contributed by atoms with E-state index in [2.05, 4.69) is 15.5 Å². The maximum atomic E-state index is 12.2. The lowest BCUT2D eigenvalue weighted by molar-refractivity contribution is -0.121. The molecule has 106 valence electrons. The van der Waals surface area contributed by atoms with Gasteiger partial charge in [-0.3, -0.25) is 14.7 Å². The van der Waals surface area contributed by atoms with E-state index in [9.17, 15) is 9.59 Å². The van der Waals surface area contributed by atoms with E-state index in [-0.39, 0.29) is 18.4 Å². The molecule has 1 aromatic heterocycles. The van der Waals surface area contributed by atoms with Crippen molar-refractivity contribution in [2.45, 2.75) is 13.8 Å². The van der Waals surface area contributed by atoms with Crippen molar-refractivity contribution in [3.8, 4) is 0 Å². The molecule has 1 rings (SSSR count). The summed E-state index contributed by atoms with van der Waals surface area (Å²) in [4.78, 5) is 25.1. The van der Waals surface area contributed by atoms with Crippen LogP contribution in [0.1, 0.15) is 21.7 Å². The minimum Gasteiger partial charge on any atom is -0.383 e. The van der Waals surface area contributed by atoms with Crippen LogP contribution in [0.15, 0.2) is 0 Å². The number of aromatic nitrogens is 2. The number of aromatic amines is 1. The molecule has 7 heteroatoms. The van der Waals surface area contributed by atoms with Crippen LogP contribution in [0.4, 0.5) is 0 Å². The van der Waals surface area contributed by atoms with E-state index in [1.54, 1.807) is 28.0 Å². The van der Waals surface area contributed by atoms with Gasteiger partial charge in [0.05, 0.1) is 24.4 Å². The molecule has 0 fully saturated rings. The predicted molar refractivity (Wildman–Crippen MR) is 69.9 cm³/mol. The highest BCUT2D eigenvalue weighted by Crippen LogP contribution is 2.11. The summed E-state index contributed by atoms with van der Waals surface area (Å²) >= 11 is 0.